The maximum Gasteiger partial charge on any atom is 0.573 e. The summed E-state index contributed by atoms with van der Waals surface area (Å²) in [5.41, 5.74) is 1.20. The molecule has 5 rings (SSSR count). The van der Waals surface area contributed by atoms with Crippen molar-refractivity contribution >= 4 is 6.09 Å². The Kier molecular flexibility index (Phi) is 7.64. The molecule has 3 aliphatic heterocycles. The van der Waals surface area contributed by atoms with Gasteiger partial charge in [0.2, 0.25) is 0 Å². The molecule has 10 heteroatoms. The molecule has 1 amide bonds. The zero-order chi connectivity index (χ0) is 25.8. The molecule has 0 spiro atoms. The topological polar surface area (TPSA) is 60.5 Å². The van der Waals surface area contributed by atoms with Crippen LogP contribution < -0.4 is 14.2 Å². The summed E-state index contributed by atoms with van der Waals surface area (Å²) in [6.45, 7) is 3.89. The van der Waals surface area contributed by atoms with Crippen LogP contribution in [0.5, 0.6) is 17.2 Å². The molecule has 0 N–H and O–H groups in total. The van der Waals surface area contributed by atoms with Crippen molar-refractivity contribution in [1.82, 2.24) is 9.80 Å². The molecule has 3 aliphatic rings. The van der Waals surface area contributed by atoms with E-state index in [1.165, 1.54) is 23.8 Å². The quantitative estimate of drug-likeness (QED) is 0.494. The number of rotatable bonds is 8. The summed E-state index contributed by atoms with van der Waals surface area (Å²) >= 11 is 0. The average molecular weight is 521 g/mol. The number of amides is 1. The third kappa shape index (κ3) is 6.80. The van der Waals surface area contributed by atoms with E-state index in [0.717, 1.165) is 38.8 Å². The summed E-state index contributed by atoms with van der Waals surface area (Å²) < 4.78 is 58.6. The van der Waals surface area contributed by atoms with E-state index in [9.17, 15) is 18.0 Å². The SMILES string of the molecule is O=C1OCC(Cc2ccccc2)N1CCC1CCN(C[C@H]2COc3ccc(OC(F)(F)F)cc3O2)CC1. The molecule has 0 saturated carbocycles. The van der Waals surface area contributed by atoms with Crippen molar-refractivity contribution in [2.75, 3.05) is 39.4 Å². The van der Waals surface area contributed by atoms with Crippen LogP contribution in [0, 0.1) is 5.92 Å². The molecule has 7 nitrogen and oxygen atoms in total. The second kappa shape index (κ2) is 11.1. The number of nitrogens with zero attached hydrogens (tertiary/aromatic N) is 2. The highest BCUT2D eigenvalue weighted by molar-refractivity contribution is 5.70. The molecule has 2 aromatic carbocycles. The molecule has 37 heavy (non-hydrogen) atoms. The van der Waals surface area contributed by atoms with Gasteiger partial charge in [0.1, 0.15) is 25.1 Å². The van der Waals surface area contributed by atoms with Gasteiger partial charge in [0.05, 0.1) is 6.04 Å². The highest BCUT2D eigenvalue weighted by Crippen LogP contribution is 2.37. The molecule has 2 fully saturated rings. The normalized spacial score (nSPS) is 22.7. The van der Waals surface area contributed by atoms with Crippen LogP contribution in [-0.4, -0.2) is 73.8 Å². The summed E-state index contributed by atoms with van der Waals surface area (Å²) in [5.74, 6) is 0.864. The molecular weight excluding hydrogens is 489 g/mol. The maximum atomic E-state index is 12.5. The first-order chi connectivity index (χ1) is 17.8. The minimum Gasteiger partial charge on any atom is -0.486 e. The van der Waals surface area contributed by atoms with Gasteiger partial charge in [0.25, 0.3) is 0 Å². The number of fused-ring (bicyclic) bond motifs is 1. The van der Waals surface area contributed by atoms with Crippen molar-refractivity contribution in [3.8, 4) is 17.2 Å². The van der Waals surface area contributed by atoms with Crippen LogP contribution in [0.4, 0.5) is 18.0 Å². The van der Waals surface area contributed by atoms with Crippen LogP contribution in [0.25, 0.3) is 0 Å². The number of carbonyl (C=O) groups is 1. The van der Waals surface area contributed by atoms with Gasteiger partial charge in [-0.3, -0.25) is 4.90 Å². The third-order valence-electron chi connectivity index (χ3n) is 7.20. The van der Waals surface area contributed by atoms with Gasteiger partial charge >= 0.3 is 12.5 Å². The second-order valence-electron chi connectivity index (χ2n) is 9.85. The van der Waals surface area contributed by atoms with E-state index in [1.807, 2.05) is 23.1 Å². The summed E-state index contributed by atoms with van der Waals surface area (Å²) in [4.78, 5) is 16.5. The van der Waals surface area contributed by atoms with E-state index in [-0.39, 0.29) is 29.7 Å². The summed E-state index contributed by atoms with van der Waals surface area (Å²) in [5, 5.41) is 0. The first kappa shape index (κ1) is 25.5. The van der Waals surface area contributed by atoms with Crippen LogP contribution in [-0.2, 0) is 11.2 Å². The van der Waals surface area contributed by atoms with E-state index >= 15 is 0 Å². The van der Waals surface area contributed by atoms with Gasteiger partial charge in [-0.2, -0.15) is 0 Å². The summed E-state index contributed by atoms with van der Waals surface area (Å²) in [6, 6.07) is 14.1. The smallest absolute Gasteiger partial charge is 0.486 e. The highest BCUT2D eigenvalue weighted by atomic mass is 19.4. The van der Waals surface area contributed by atoms with E-state index in [0.29, 0.717) is 38.0 Å². The lowest BCUT2D eigenvalue weighted by Gasteiger charge is -2.36. The van der Waals surface area contributed by atoms with Gasteiger partial charge in [0.15, 0.2) is 11.5 Å². The van der Waals surface area contributed by atoms with Crippen molar-refractivity contribution in [3.63, 3.8) is 0 Å². The molecular formula is C27H31F3N2O5. The van der Waals surface area contributed by atoms with E-state index in [1.54, 1.807) is 0 Å². The van der Waals surface area contributed by atoms with Crippen LogP contribution in [0.2, 0.25) is 0 Å². The van der Waals surface area contributed by atoms with Crippen LogP contribution >= 0.6 is 0 Å². The number of alkyl halides is 3. The zero-order valence-electron chi connectivity index (χ0n) is 20.5. The largest absolute Gasteiger partial charge is 0.573 e. The van der Waals surface area contributed by atoms with Crippen molar-refractivity contribution in [1.29, 1.82) is 0 Å². The van der Waals surface area contributed by atoms with Gasteiger partial charge in [-0.05, 0) is 62.4 Å². The fraction of sp³-hybridized carbons (Fsp3) is 0.519. The number of benzene rings is 2. The molecule has 0 bridgehead atoms. The summed E-state index contributed by atoms with van der Waals surface area (Å²) in [6.07, 6.45) is -1.50. The van der Waals surface area contributed by atoms with E-state index in [4.69, 9.17) is 14.2 Å². The number of halogens is 3. The van der Waals surface area contributed by atoms with Gasteiger partial charge in [0, 0.05) is 19.2 Å². The standard InChI is InChI=1S/C27H31F3N2O5/c28-27(29,30)37-22-6-7-24-25(15-22)36-23(18-34-24)16-31-11-8-19(9-12-31)10-13-32-21(17-35-26(32)33)14-20-4-2-1-3-5-20/h1-7,15,19,21,23H,8-14,16-18H2/t21?,23-/m0/s1. The van der Waals surface area contributed by atoms with Gasteiger partial charge in [-0.1, -0.05) is 30.3 Å². The van der Waals surface area contributed by atoms with Gasteiger partial charge in [-0.15, -0.1) is 13.2 Å². The first-order valence-electron chi connectivity index (χ1n) is 12.7. The zero-order valence-corrected chi connectivity index (χ0v) is 20.5. The predicted molar refractivity (Wildman–Crippen MR) is 129 cm³/mol. The van der Waals surface area contributed by atoms with Crippen molar-refractivity contribution < 1.29 is 36.9 Å². The minimum atomic E-state index is -4.76. The predicted octanol–water partition coefficient (Wildman–Crippen LogP) is 4.89. The molecule has 3 heterocycles. The summed E-state index contributed by atoms with van der Waals surface area (Å²) in [7, 11) is 0. The first-order valence-corrected chi connectivity index (χ1v) is 12.7. The Labute approximate surface area is 214 Å². The van der Waals surface area contributed by atoms with E-state index in [2.05, 4.69) is 21.8 Å². The van der Waals surface area contributed by atoms with E-state index < -0.39 is 6.36 Å². The molecule has 2 atom stereocenters. The fourth-order valence-corrected chi connectivity index (χ4v) is 5.27. The number of hydrogen-bond donors (Lipinski definition) is 0. The Bertz CT molecular complexity index is 1060. The average Bonchev–Trinajstić information content (AvgIpc) is 3.21. The van der Waals surface area contributed by atoms with Crippen LogP contribution in [0.3, 0.4) is 0 Å². The molecule has 200 valence electrons. The molecule has 2 aromatic rings. The highest BCUT2D eigenvalue weighted by Gasteiger charge is 2.34. The molecule has 2 saturated heterocycles. The van der Waals surface area contributed by atoms with Gasteiger partial charge in [-0.25, -0.2) is 4.79 Å². The number of cyclic esters (lactones) is 1. The Hall–Kier alpha value is -3.14. The lowest BCUT2D eigenvalue weighted by molar-refractivity contribution is -0.274. The molecule has 0 radical (unpaired) electrons. The number of hydrogen-bond acceptors (Lipinski definition) is 6. The van der Waals surface area contributed by atoms with Crippen LogP contribution in [0.15, 0.2) is 48.5 Å². The molecule has 1 unspecified atom stereocenters. The molecule has 0 aliphatic carbocycles. The minimum absolute atomic E-state index is 0.0726. The number of ether oxygens (including phenoxy) is 4. The van der Waals surface area contributed by atoms with Crippen LogP contribution in [0.1, 0.15) is 24.8 Å². The number of piperidine rings is 1. The Morgan fingerprint density at radius 3 is 2.51 bits per heavy atom. The number of carbonyl (C=O) groups excluding carboxylic acids is 1. The monoisotopic (exact) mass is 520 g/mol. The molecule has 0 aromatic heterocycles. The van der Waals surface area contributed by atoms with Crippen molar-refractivity contribution in [3.05, 3.63) is 54.1 Å². The Balaban J connectivity index is 1.06. The second-order valence-corrected chi connectivity index (χ2v) is 9.85. The number of likely N-dealkylation sites (tertiary alicyclic amines) is 1. The van der Waals surface area contributed by atoms with Crippen molar-refractivity contribution in [2.45, 2.75) is 44.2 Å². The van der Waals surface area contributed by atoms with Crippen molar-refractivity contribution in [2.24, 2.45) is 5.92 Å². The fourth-order valence-electron chi connectivity index (χ4n) is 5.27. The Morgan fingerprint density at radius 1 is 0.973 bits per heavy atom. The lowest BCUT2D eigenvalue weighted by Crippen LogP contribution is -2.44. The third-order valence-corrected chi connectivity index (χ3v) is 7.20. The lowest BCUT2D eigenvalue weighted by atomic mass is 9.93. The maximum absolute atomic E-state index is 12.5. The van der Waals surface area contributed by atoms with Gasteiger partial charge < -0.3 is 23.8 Å². The Morgan fingerprint density at radius 2 is 1.76 bits per heavy atom.